The Hall–Kier alpha value is -0.570. The summed E-state index contributed by atoms with van der Waals surface area (Å²) in [4.78, 5) is 10.8. The van der Waals surface area contributed by atoms with E-state index in [0.717, 1.165) is 17.5 Å². The van der Waals surface area contributed by atoms with Gasteiger partial charge in [-0.05, 0) is 17.5 Å². The third kappa shape index (κ3) is 2.08. The molecule has 0 aromatic heterocycles. The molecule has 0 spiro atoms. The van der Waals surface area contributed by atoms with Gasteiger partial charge in [-0.2, -0.15) is 0 Å². The molecule has 14 heavy (non-hydrogen) atoms. The van der Waals surface area contributed by atoms with Crippen LogP contribution in [0, 0.1) is 0 Å². The van der Waals surface area contributed by atoms with Crippen LogP contribution < -0.4 is 34.7 Å². The zero-order valence-electron chi connectivity index (χ0n) is 8.07. The van der Waals surface area contributed by atoms with Crippen molar-refractivity contribution < 1.29 is 39.5 Å². The summed E-state index contributed by atoms with van der Waals surface area (Å²) in [5.41, 5.74) is 1.95. The van der Waals surface area contributed by atoms with Crippen LogP contribution in [0.2, 0.25) is 0 Å². The van der Waals surface area contributed by atoms with E-state index in [-0.39, 0.29) is 29.6 Å². The maximum Gasteiger partial charge on any atom is 1.00 e. The SMILES string of the molecule is O=C([O-])C1C=CCc2ccccc21.[Na+]. The first-order valence-electron chi connectivity index (χ1n) is 4.24. The van der Waals surface area contributed by atoms with Gasteiger partial charge >= 0.3 is 29.6 Å². The van der Waals surface area contributed by atoms with E-state index in [2.05, 4.69) is 0 Å². The first-order chi connectivity index (χ1) is 6.29. The second-order valence-electron chi connectivity index (χ2n) is 3.13. The molecule has 0 bridgehead atoms. The fraction of sp³-hybridized carbons (Fsp3) is 0.182. The topological polar surface area (TPSA) is 40.1 Å². The molecule has 1 atom stereocenters. The van der Waals surface area contributed by atoms with Gasteiger partial charge in [0.2, 0.25) is 0 Å². The summed E-state index contributed by atoms with van der Waals surface area (Å²) in [5, 5.41) is 10.8. The Balaban J connectivity index is 0.000000980. The van der Waals surface area contributed by atoms with Gasteiger partial charge in [0.05, 0.1) is 5.97 Å². The van der Waals surface area contributed by atoms with Crippen LogP contribution in [0.15, 0.2) is 36.4 Å². The van der Waals surface area contributed by atoms with E-state index in [0.29, 0.717) is 0 Å². The van der Waals surface area contributed by atoms with Gasteiger partial charge in [0.1, 0.15) is 0 Å². The second kappa shape index (κ2) is 4.78. The average Bonchev–Trinajstić information content (AvgIpc) is 2.17. The molecule has 1 aromatic rings. The zero-order chi connectivity index (χ0) is 9.26. The Morgan fingerprint density at radius 1 is 1.36 bits per heavy atom. The van der Waals surface area contributed by atoms with Crippen molar-refractivity contribution in [2.75, 3.05) is 0 Å². The van der Waals surface area contributed by atoms with Crippen LogP contribution in [-0.4, -0.2) is 5.97 Å². The summed E-state index contributed by atoms with van der Waals surface area (Å²) in [7, 11) is 0. The van der Waals surface area contributed by atoms with E-state index in [1.54, 1.807) is 6.08 Å². The fourth-order valence-corrected chi connectivity index (χ4v) is 1.66. The van der Waals surface area contributed by atoms with Crippen molar-refractivity contribution in [3.05, 3.63) is 47.5 Å². The largest absolute Gasteiger partial charge is 1.00 e. The summed E-state index contributed by atoms with van der Waals surface area (Å²) in [6.45, 7) is 0. The van der Waals surface area contributed by atoms with Crippen LogP contribution in [0.5, 0.6) is 0 Å². The van der Waals surface area contributed by atoms with E-state index in [1.807, 2.05) is 30.3 Å². The van der Waals surface area contributed by atoms with Crippen LogP contribution in [0.3, 0.4) is 0 Å². The molecular weight excluding hydrogens is 187 g/mol. The van der Waals surface area contributed by atoms with Crippen LogP contribution in [0.4, 0.5) is 0 Å². The van der Waals surface area contributed by atoms with Gasteiger partial charge in [0.15, 0.2) is 0 Å². The number of hydrogen-bond donors (Lipinski definition) is 0. The van der Waals surface area contributed by atoms with Crippen LogP contribution in [0.1, 0.15) is 17.0 Å². The van der Waals surface area contributed by atoms with Crippen LogP contribution >= 0.6 is 0 Å². The molecule has 66 valence electrons. The van der Waals surface area contributed by atoms with Crippen molar-refractivity contribution in [1.29, 1.82) is 0 Å². The number of benzene rings is 1. The van der Waals surface area contributed by atoms with Crippen molar-refractivity contribution in [1.82, 2.24) is 0 Å². The van der Waals surface area contributed by atoms with Crippen molar-refractivity contribution in [3.8, 4) is 0 Å². The van der Waals surface area contributed by atoms with Gasteiger partial charge in [0.25, 0.3) is 0 Å². The van der Waals surface area contributed by atoms with E-state index < -0.39 is 11.9 Å². The number of carboxylic acid groups (broad SMARTS) is 1. The molecular formula is C11H9NaO2. The van der Waals surface area contributed by atoms with E-state index in [1.165, 1.54) is 0 Å². The van der Waals surface area contributed by atoms with Gasteiger partial charge in [0, 0.05) is 5.92 Å². The number of hydrogen-bond acceptors (Lipinski definition) is 2. The quantitative estimate of drug-likeness (QED) is 0.372. The molecule has 1 aliphatic rings. The maximum atomic E-state index is 10.8. The fourth-order valence-electron chi connectivity index (χ4n) is 1.66. The molecule has 0 amide bonds. The maximum absolute atomic E-state index is 10.8. The Morgan fingerprint density at radius 3 is 2.79 bits per heavy atom. The monoisotopic (exact) mass is 196 g/mol. The molecule has 0 radical (unpaired) electrons. The number of aliphatic carboxylic acids is 1. The van der Waals surface area contributed by atoms with E-state index in [4.69, 9.17) is 0 Å². The molecule has 0 heterocycles. The van der Waals surface area contributed by atoms with Crippen molar-refractivity contribution >= 4 is 5.97 Å². The molecule has 0 N–H and O–H groups in total. The molecule has 0 saturated carbocycles. The summed E-state index contributed by atoms with van der Waals surface area (Å²) >= 11 is 0. The number of carbonyl (C=O) groups is 1. The van der Waals surface area contributed by atoms with Gasteiger partial charge in [-0.25, -0.2) is 0 Å². The van der Waals surface area contributed by atoms with Crippen LogP contribution in [0.25, 0.3) is 0 Å². The van der Waals surface area contributed by atoms with E-state index in [9.17, 15) is 9.90 Å². The molecule has 2 rings (SSSR count). The number of carbonyl (C=O) groups excluding carboxylic acids is 1. The number of carboxylic acids is 1. The van der Waals surface area contributed by atoms with Gasteiger partial charge in [-0.1, -0.05) is 36.4 Å². The van der Waals surface area contributed by atoms with Crippen LogP contribution in [-0.2, 0) is 11.2 Å². The van der Waals surface area contributed by atoms with Crippen molar-refractivity contribution in [3.63, 3.8) is 0 Å². The van der Waals surface area contributed by atoms with Gasteiger partial charge in [-0.3, -0.25) is 0 Å². The molecule has 0 fully saturated rings. The minimum absolute atomic E-state index is 0. The third-order valence-electron chi connectivity index (χ3n) is 2.31. The zero-order valence-corrected chi connectivity index (χ0v) is 10.1. The molecule has 0 saturated heterocycles. The summed E-state index contributed by atoms with van der Waals surface area (Å²) in [6, 6.07) is 7.58. The minimum atomic E-state index is -1.02. The average molecular weight is 196 g/mol. The Bertz CT molecular complexity index is 371. The summed E-state index contributed by atoms with van der Waals surface area (Å²) < 4.78 is 0. The Morgan fingerprint density at radius 2 is 2.07 bits per heavy atom. The predicted molar refractivity (Wildman–Crippen MR) is 47.0 cm³/mol. The number of rotatable bonds is 1. The Labute approximate surface area is 105 Å². The smallest absolute Gasteiger partial charge is 0.549 e. The minimum Gasteiger partial charge on any atom is -0.549 e. The molecule has 1 aliphatic carbocycles. The third-order valence-corrected chi connectivity index (χ3v) is 2.31. The molecule has 1 unspecified atom stereocenters. The summed E-state index contributed by atoms with van der Waals surface area (Å²) in [5.74, 6) is -1.59. The normalized spacial score (nSPS) is 18.1. The van der Waals surface area contributed by atoms with E-state index >= 15 is 0 Å². The molecule has 0 aliphatic heterocycles. The predicted octanol–water partition coefficient (Wildman–Crippen LogP) is -2.36. The number of fused-ring (bicyclic) bond motifs is 1. The molecule has 1 aromatic carbocycles. The van der Waals surface area contributed by atoms with Gasteiger partial charge < -0.3 is 9.90 Å². The summed E-state index contributed by atoms with van der Waals surface area (Å²) in [6.07, 6.45) is 4.39. The van der Waals surface area contributed by atoms with Gasteiger partial charge in [-0.15, -0.1) is 0 Å². The Kier molecular flexibility index (Phi) is 3.93. The standard InChI is InChI=1S/C11H10O2.Na/c12-11(13)10-7-3-5-8-4-1-2-6-9(8)10;/h1-4,6-7,10H,5H2,(H,12,13);/q;+1/p-1. The van der Waals surface area contributed by atoms with Crippen molar-refractivity contribution in [2.45, 2.75) is 12.3 Å². The van der Waals surface area contributed by atoms with Crippen molar-refractivity contribution in [2.24, 2.45) is 0 Å². The first-order valence-corrected chi connectivity index (χ1v) is 4.24. The number of allylic oxidation sites excluding steroid dienone is 1. The first kappa shape index (κ1) is 11.5. The second-order valence-corrected chi connectivity index (χ2v) is 3.13. The molecule has 3 heteroatoms. The molecule has 2 nitrogen and oxygen atoms in total.